The first-order valence-corrected chi connectivity index (χ1v) is 12.7. The molecule has 0 atom stereocenters. The Morgan fingerprint density at radius 3 is 2.59 bits per heavy atom. The van der Waals surface area contributed by atoms with Crippen LogP contribution in [0.15, 0.2) is 42.6 Å². The molecule has 1 aromatic carbocycles. The number of nitrogens with zero attached hydrogens (tertiary/aromatic N) is 3. The lowest BCUT2D eigenvalue weighted by atomic mass is 9.84. The Bertz CT molecular complexity index is 1130. The molecule has 3 aromatic rings. The molecule has 0 bridgehead atoms. The molecule has 1 amide bonds. The van der Waals surface area contributed by atoms with Gasteiger partial charge in [0.25, 0.3) is 0 Å². The number of fused-ring (bicyclic) bond motifs is 1. The monoisotopic (exact) mass is 461 g/mol. The summed E-state index contributed by atoms with van der Waals surface area (Å²) in [6.07, 6.45) is 8.03. The summed E-state index contributed by atoms with van der Waals surface area (Å²) < 4.78 is 13.6. The van der Waals surface area contributed by atoms with Crippen LogP contribution in [-0.4, -0.2) is 42.3 Å². The van der Waals surface area contributed by atoms with Gasteiger partial charge in [-0.1, -0.05) is 18.6 Å². The number of aromatic nitrogens is 2. The van der Waals surface area contributed by atoms with Crippen LogP contribution in [0.5, 0.6) is 5.75 Å². The zero-order chi connectivity index (χ0) is 23.5. The first-order valence-electron chi connectivity index (χ1n) is 12.7. The predicted octanol–water partition coefficient (Wildman–Crippen LogP) is 5.22. The number of amides is 1. The number of anilines is 1. The fourth-order valence-electron chi connectivity index (χ4n) is 5.04. The molecule has 6 nitrogen and oxygen atoms in total. The number of rotatable bonds is 8. The molecule has 1 saturated carbocycles. The molecule has 0 radical (unpaired) electrons. The summed E-state index contributed by atoms with van der Waals surface area (Å²) in [6.45, 7) is 5.29. The van der Waals surface area contributed by atoms with Gasteiger partial charge in [0, 0.05) is 50.2 Å². The van der Waals surface area contributed by atoms with Gasteiger partial charge in [-0.2, -0.15) is 0 Å². The average molecular weight is 462 g/mol. The lowest BCUT2D eigenvalue weighted by molar-refractivity contribution is -0.124. The average Bonchev–Trinajstić information content (AvgIpc) is 3.15. The summed E-state index contributed by atoms with van der Waals surface area (Å²) in [6, 6.07) is 12.8. The normalized spacial score (nSPS) is 17.0. The molecule has 0 spiro atoms. The standard InChI is InChI=1S/C28H35N3O3/c1-3-34-26-9-7-20(8-10-26)15-24-16-23-17-25(30(2)28(32)22-5-4-6-22)18-29-27(23)31(24)19-21-11-13-33-14-12-21/h7-10,16-18,21-22H,3-6,11-15,19H2,1-2H3. The van der Waals surface area contributed by atoms with Crippen molar-refractivity contribution in [2.45, 2.75) is 52.0 Å². The van der Waals surface area contributed by atoms with Crippen molar-refractivity contribution in [2.24, 2.45) is 11.8 Å². The fourth-order valence-corrected chi connectivity index (χ4v) is 5.04. The number of carbonyl (C=O) groups excluding carboxylic acids is 1. The minimum Gasteiger partial charge on any atom is -0.494 e. The quantitative estimate of drug-likeness (QED) is 0.462. The van der Waals surface area contributed by atoms with E-state index in [0.29, 0.717) is 12.5 Å². The van der Waals surface area contributed by atoms with E-state index in [4.69, 9.17) is 14.5 Å². The molecule has 34 heavy (non-hydrogen) atoms. The van der Waals surface area contributed by atoms with Gasteiger partial charge < -0.3 is 18.9 Å². The van der Waals surface area contributed by atoms with Crippen molar-refractivity contribution in [3.63, 3.8) is 0 Å². The fraction of sp³-hybridized carbons (Fsp3) is 0.500. The maximum Gasteiger partial charge on any atom is 0.229 e. The van der Waals surface area contributed by atoms with E-state index < -0.39 is 0 Å². The second-order valence-corrected chi connectivity index (χ2v) is 9.69. The van der Waals surface area contributed by atoms with Crippen molar-refractivity contribution >= 4 is 22.6 Å². The van der Waals surface area contributed by atoms with Crippen LogP contribution in [0, 0.1) is 11.8 Å². The Morgan fingerprint density at radius 2 is 1.91 bits per heavy atom. The van der Waals surface area contributed by atoms with Crippen molar-refractivity contribution in [3.8, 4) is 5.75 Å². The Hall–Kier alpha value is -2.86. The van der Waals surface area contributed by atoms with Gasteiger partial charge in [0.05, 0.1) is 18.5 Å². The molecule has 5 rings (SSSR count). The van der Waals surface area contributed by atoms with E-state index in [9.17, 15) is 4.79 Å². The molecular weight excluding hydrogens is 426 g/mol. The van der Waals surface area contributed by atoms with Crippen LogP contribution in [0.25, 0.3) is 11.0 Å². The maximum absolute atomic E-state index is 12.8. The first-order chi connectivity index (χ1) is 16.6. The minimum absolute atomic E-state index is 0.175. The molecule has 2 aromatic heterocycles. The van der Waals surface area contributed by atoms with E-state index in [1.807, 2.05) is 32.3 Å². The van der Waals surface area contributed by atoms with E-state index in [1.165, 1.54) is 11.3 Å². The molecule has 1 aliphatic heterocycles. The van der Waals surface area contributed by atoms with Gasteiger partial charge in [0.1, 0.15) is 11.4 Å². The third-order valence-corrected chi connectivity index (χ3v) is 7.38. The molecule has 0 unspecified atom stereocenters. The van der Waals surface area contributed by atoms with Crippen LogP contribution in [0.3, 0.4) is 0 Å². The molecule has 1 aliphatic carbocycles. The van der Waals surface area contributed by atoms with Gasteiger partial charge in [-0.05, 0) is 68.4 Å². The molecule has 2 aliphatic rings. The Morgan fingerprint density at radius 1 is 1.15 bits per heavy atom. The van der Waals surface area contributed by atoms with Crippen LogP contribution >= 0.6 is 0 Å². The molecule has 2 fully saturated rings. The van der Waals surface area contributed by atoms with E-state index in [-0.39, 0.29) is 11.8 Å². The second-order valence-electron chi connectivity index (χ2n) is 9.69. The number of hydrogen-bond acceptors (Lipinski definition) is 4. The SMILES string of the molecule is CCOc1ccc(Cc2cc3cc(N(C)C(=O)C4CCC4)cnc3n2CC2CCOCC2)cc1. The van der Waals surface area contributed by atoms with E-state index in [2.05, 4.69) is 28.8 Å². The van der Waals surface area contributed by atoms with E-state index in [1.54, 1.807) is 4.90 Å². The summed E-state index contributed by atoms with van der Waals surface area (Å²) in [4.78, 5) is 19.4. The first kappa shape index (κ1) is 22.9. The summed E-state index contributed by atoms with van der Waals surface area (Å²) in [7, 11) is 1.88. The summed E-state index contributed by atoms with van der Waals surface area (Å²) in [5.41, 5.74) is 4.38. The molecular formula is C28H35N3O3. The van der Waals surface area contributed by atoms with E-state index >= 15 is 0 Å². The highest BCUT2D eigenvalue weighted by Crippen LogP contribution is 2.31. The number of benzene rings is 1. The van der Waals surface area contributed by atoms with Crippen LogP contribution < -0.4 is 9.64 Å². The van der Waals surface area contributed by atoms with Crippen molar-refractivity contribution in [1.29, 1.82) is 0 Å². The predicted molar refractivity (Wildman–Crippen MR) is 134 cm³/mol. The minimum atomic E-state index is 0.175. The van der Waals surface area contributed by atoms with Crippen molar-refractivity contribution in [3.05, 3.63) is 53.9 Å². The third-order valence-electron chi connectivity index (χ3n) is 7.38. The summed E-state index contributed by atoms with van der Waals surface area (Å²) in [5.74, 6) is 1.88. The van der Waals surface area contributed by atoms with Crippen molar-refractivity contribution < 1.29 is 14.3 Å². The van der Waals surface area contributed by atoms with Crippen molar-refractivity contribution in [1.82, 2.24) is 9.55 Å². The molecule has 3 heterocycles. The highest BCUT2D eigenvalue weighted by Gasteiger charge is 2.29. The van der Waals surface area contributed by atoms with Gasteiger partial charge in [-0.25, -0.2) is 4.98 Å². The Balaban J connectivity index is 1.45. The number of carbonyl (C=O) groups is 1. The smallest absolute Gasteiger partial charge is 0.229 e. The van der Waals surface area contributed by atoms with Gasteiger partial charge in [0.15, 0.2) is 0 Å². The Labute approximate surface area is 201 Å². The van der Waals surface area contributed by atoms with Crippen LogP contribution in [-0.2, 0) is 22.5 Å². The molecule has 0 N–H and O–H groups in total. The largest absolute Gasteiger partial charge is 0.494 e. The summed E-state index contributed by atoms with van der Waals surface area (Å²) >= 11 is 0. The van der Waals surface area contributed by atoms with E-state index in [0.717, 1.165) is 80.8 Å². The van der Waals surface area contributed by atoms with Gasteiger partial charge in [-0.15, -0.1) is 0 Å². The van der Waals surface area contributed by atoms with Gasteiger partial charge in [0.2, 0.25) is 5.91 Å². The maximum atomic E-state index is 12.8. The lowest BCUT2D eigenvalue weighted by Crippen LogP contribution is -2.36. The van der Waals surface area contributed by atoms with Crippen LogP contribution in [0.2, 0.25) is 0 Å². The summed E-state index contributed by atoms with van der Waals surface area (Å²) in [5, 5.41) is 1.10. The highest BCUT2D eigenvalue weighted by atomic mass is 16.5. The molecule has 6 heteroatoms. The number of ether oxygens (including phenoxy) is 2. The third kappa shape index (κ3) is 4.83. The number of pyridine rings is 1. The Kier molecular flexibility index (Phi) is 6.86. The number of hydrogen-bond donors (Lipinski definition) is 0. The molecule has 1 saturated heterocycles. The van der Waals surface area contributed by atoms with Crippen LogP contribution in [0.4, 0.5) is 5.69 Å². The zero-order valence-corrected chi connectivity index (χ0v) is 20.3. The highest BCUT2D eigenvalue weighted by molar-refractivity contribution is 5.96. The van der Waals surface area contributed by atoms with Gasteiger partial charge >= 0.3 is 0 Å². The van der Waals surface area contributed by atoms with Gasteiger partial charge in [-0.3, -0.25) is 4.79 Å². The molecule has 180 valence electrons. The van der Waals surface area contributed by atoms with Crippen LogP contribution in [0.1, 0.15) is 50.3 Å². The van der Waals surface area contributed by atoms with Crippen molar-refractivity contribution in [2.75, 3.05) is 31.8 Å². The second kappa shape index (κ2) is 10.2. The zero-order valence-electron chi connectivity index (χ0n) is 20.3. The lowest BCUT2D eigenvalue weighted by Gasteiger charge is -2.29. The topological polar surface area (TPSA) is 56.6 Å².